The molecule has 0 aliphatic carbocycles. The number of rotatable bonds is 5. The van der Waals surface area contributed by atoms with Gasteiger partial charge in [0.2, 0.25) is 0 Å². The van der Waals surface area contributed by atoms with Gasteiger partial charge in [-0.05, 0) is 6.42 Å². The maximum Gasteiger partial charge on any atom is 0.0708 e. The fourth-order valence-corrected chi connectivity index (χ4v) is 0.904. The van der Waals surface area contributed by atoms with Crippen molar-refractivity contribution in [2.45, 2.75) is 19.4 Å². The Kier molecular flexibility index (Phi) is 7.16. The fourth-order valence-electron chi connectivity index (χ4n) is 0.491. The van der Waals surface area contributed by atoms with E-state index in [4.69, 9.17) is 16.3 Å². The van der Waals surface area contributed by atoms with Gasteiger partial charge in [-0.25, -0.2) is 0 Å². The van der Waals surface area contributed by atoms with Gasteiger partial charge in [-0.1, -0.05) is 6.92 Å². The molecule has 1 atom stereocenters. The molecule has 0 bridgehead atoms. The van der Waals surface area contributed by atoms with E-state index in [1.54, 1.807) is 0 Å². The Labute approximate surface area is 67.1 Å². The summed E-state index contributed by atoms with van der Waals surface area (Å²) < 4.78 is 5.28. The van der Waals surface area contributed by atoms with E-state index in [9.17, 15) is 0 Å². The predicted octanol–water partition coefficient (Wildman–Crippen LogP) is 1.95. The minimum Gasteiger partial charge on any atom is -0.376 e. The summed E-state index contributed by atoms with van der Waals surface area (Å²) in [6.45, 7) is 2.76. The Morgan fingerprint density at radius 1 is 1.67 bits per heavy atom. The summed E-state index contributed by atoms with van der Waals surface area (Å²) in [6.07, 6.45) is 1.20. The molecule has 0 aliphatic heterocycles. The highest BCUT2D eigenvalue weighted by atomic mass is 35.5. The van der Waals surface area contributed by atoms with E-state index in [0.29, 0.717) is 12.5 Å². The first kappa shape index (κ1) is 9.60. The van der Waals surface area contributed by atoms with Crippen LogP contribution in [0.4, 0.5) is 0 Å². The summed E-state index contributed by atoms with van der Waals surface area (Å²) in [4.78, 5) is 0. The molecule has 0 radical (unpaired) electrons. The third kappa shape index (κ3) is 5.07. The van der Waals surface area contributed by atoms with E-state index in [0.717, 1.165) is 12.2 Å². The van der Waals surface area contributed by atoms with Crippen molar-refractivity contribution in [3.63, 3.8) is 0 Å². The third-order valence-corrected chi connectivity index (χ3v) is 1.60. The lowest BCUT2D eigenvalue weighted by Gasteiger charge is -2.10. The van der Waals surface area contributed by atoms with Crippen LogP contribution in [0.15, 0.2) is 0 Å². The van der Waals surface area contributed by atoms with E-state index in [1.165, 1.54) is 0 Å². The lowest BCUT2D eigenvalue weighted by atomic mass is 10.3. The first-order valence-corrected chi connectivity index (χ1v) is 4.30. The molecular weight excluding hydrogens is 156 g/mol. The molecule has 0 aliphatic rings. The molecule has 56 valence electrons. The smallest absolute Gasteiger partial charge is 0.0708 e. The molecule has 0 rings (SSSR count). The van der Waals surface area contributed by atoms with Crippen molar-refractivity contribution in [1.29, 1.82) is 0 Å². The van der Waals surface area contributed by atoms with Crippen LogP contribution in [0.25, 0.3) is 0 Å². The predicted molar refractivity (Wildman–Crippen MR) is 44.6 cm³/mol. The molecule has 0 saturated carbocycles. The second-order valence-electron chi connectivity index (χ2n) is 1.78. The number of halogens is 1. The number of hydrogen-bond acceptors (Lipinski definition) is 2. The number of ether oxygens (including phenoxy) is 1. The lowest BCUT2D eigenvalue weighted by Crippen LogP contribution is -2.14. The van der Waals surface area contributed by atoms with Crippen molar-refractivity contribution in [3.05, 3.63) is 0 Å². The zero-order valence-corrected chi connectivity index (χ0v) is 7.29. The van der Waals surface area contributed by atoms with Crippen LogP contribution in [0, 0.1) is 0 Å². The van der Waals surface area contributed by atoms with Gasteiger partial charge in [-0.3, -0.25) is 0 Å². The van der Waals surface area contributed by atoms with Crippen molar-refractivity contribution < 1.29 is 4.74 Å². The first-order chi connectivity index (χ1) is 4.35. The summed E-state index contributed by atoms with van der Waals surface area (Å²) in [6, 6.07) is 0. The van der Waals surface area contributed by atoms with Crippen LogP contribution in [0.1, 0.15) is 13.3 Å². The molecular formula is C6H13ClOS. The molecule has 1 nitrogen and oxygen atoms in total. The summed E-state index contributed by atoms with van der Waals surface area (Å²) in [5.74, 6) is 1.36. The molecule has 1 unspecified atom stereocenters. The van der Waals surface area contributed by atoms with Crippen molar-refractivity contribution in [1.82, 2.24) is 0 Å². The minimum absolute atomic E-state index is 0.221. The topological polar surface area (TPSA) is 9.23 Å². The van der Waals surface area contributed by atoms with Crippen molar-refractivity contribution in [2.24, 2.45) is 0 Å². The normalized spacial score (nSPS) is 13.7. The maximum absolute atomic E-state index is 5.55. The van der Waals surface area contributed by atoms with Gasteiger partial charge in [0.25, 0.3) is 0 Å². The summed E-state index contributed by atoms with van der Waals surface area (Å²) in [5, 5.41) is 0. The van der Waals surface area contributed by atoms with Crippen LogP contribution in [0.5, 0.6) is 0 Å². The Hall–Kier alpha value is 0.600. The van der Waals surface area contributed by atoms with Crippen molar-refractivity contribution in [3.8, 4) is 0 Å². The minimum atomic E-state index is 0.221. The summed E-state index contributed by atoms with van der Waals surface area (Å²) in [7, 11) is 0. The molecule has 0 amide bonds. The van der Waals surface area contributed by atoms with E-state index in [1.807, 2.05) is 0 Å². The highest BCUT2D eigenvalue weighted by Gasteiger charge is 2.01. The second kappa shape index (κ2) is 6.72. The number of hydrogen-bond donors (Lipinski definition) is 1. The zero-order chi connectivity index (χ0) is 7.11. The number of thiol groups is 1. The van der Waals surface area contributed by atoms with E-state index in [2.05, 4.69) is 19.6 Å². The molecule has 0 N–H and O–H groups in total. The van der Waals surface area contributed by atoms with Crippen LogP contribution in [0.2, 0.25) is 0 Å². The highest BCUT2D eigenvalue weighted by Crippen LogP contribution is 1.99. The van der Waals surface area contributed by atoms with Gasteiger partial charge in [0, 0.05) is 11.6 Å². The largest absolute Gasteiger partial charge is 0.376 e. The van der Waals surface area contributed by atoms with Gasteiger partial charge < -0.3 is 4.74 Å². The van der Waals surface area contributed by atoms with E-state index in [-0.39, 0.29) is 6.10 Å². The average Bonchev–Trinajstić information content (AvgIpc) is 1.91. The molecule has 0 heterocycles. The maximum atomic E-state index is 5.55. The van der Waals surface area contributed by atoms with E-state index < -0.39 is 0 Å². The molecule has 0 aromatic heterocycles. The molecule has 0 aromatic rings. The number of alkyl halides is 1. The van der Waals surface area contributed by atoms with Gasteiger partial charge >= 0.3 is 0 Å². The molecule has 3 heteroatoms. The SMILES string of the molecule is CCC(CCl)OCCS. The van der Waals surface area contributed by atoms with Crippen LogP contribution >= 0.6 is 24.2 Å². The van der Waals surface area contributed by atoms with Gasteiger partial charge in [0.15, 0.2) is 0 Å². The Morgan fingerprint density at radius 2 is 2.33 bits per heavy atom. The molecule has 0 aromatic carbocycles. The molecule has 0 spiro atoms. The fraction of sp³-hybridized carbons (Fsp3) is 1.00. The Bertz CT molecular complexity index is 57.0. The quantitative estimate of drug-likeness (QED) is 0.488. The van der Waals surface area contributed by atoms with E-state index >= 15 is 0 Å². The second-order valence-corrected chi connectivity index (χ2v) is 2.53. The molecule has 9 heavy (non-hydrogen) atoms. The summed E-state index contributed by atoms with van der Waals surface area (Å²) >= 11 is 9.56. The Balaban J connectivity index is 3.09. The molecule has 0 saturated heterocycles. The molecule has 0 fully saturated rings. The van der Waals surface area contributed by atoms with Gasteiger partial charge in [0.1, 0.15) is 0 Å². The Morgan fingerprint density at radius 3 is 2.67 bits per heavy atom. The lowest BCUT2D eigenvalue weighted by molar-refractivity contribution is 0.0785. The third-order valence-electron chi connectivity index (χ3n) is 1.07. The van der Waals surface area contributed by atoms with Gasteiger partial charge in [0.05, 0.1) is 12.7 Å². The average molecular weight is 169 g/mol. The van der Waals surface area contributed by atoms with Gasteiger partial charge in [-0.15, -0.1) is 11.6 Å². The van der Waals surface area contributed by atoms with Crippen LogP contribution in [-0.4, -0.2) is 24.3 Å². The summed E-state index contributed by atoms with van der Waals surface area (Å²) in [5.41, 5.74) is 0. The zero-order valence-electron chi connectivity index (χ0n) is 5.64. The van der Waals surface area contributed by atoms with Gasteiger partial charge in [-0.2, -0.15) is 12.6 Å². The van der Waals surface area contributed by atoms with Crippen LogP contribution in [0.3, 0.4) is 0 Å². The highest BCUT2D eigenvalue weighted by molar-refractivity contribution is 7.80. The standard InChI is InChI=1S/C6H13ClOS/c1-2-6(5-7)8-3-4-9/h6,9H,2-5H2,1H3. The van der Waals surface area contributed by atoms with Crippen molar-refractivity contribution >= 4 is 24.2 Å². The van der Waals surface area contributed by atoms with Crippen molar-refractivity contribution in [2.75, 3.05) is 18.2 Å². The first-order valence-electron chi connectivity index (χ1n) is 3.13. The monoisotopic (exact) mass is 168 g/mol. The van der Waals surface area contributed by atoms with Crippen LogP contribution < -0.4 is 0 Å². The van der Waals surface area contributed by atoms with Crippen LogP contribution in [-0.2, 0) is 4.74 Å².